The number of rotatable bonds is 1. The number of fused-ring (bicyclic) bond motifs is 1. The fourth-order valence-electron chi connectivity index (χ4n) is 2.73. The molecule has 3 fully saturated rings. The molecule has 0 aliphatic carbocycles. The first-order valence-corrected chi connectivity index (χ1v) is 10.2. The number of ether oxygens (including phenoxy) is 1. The number of carbonyl (C=O) groups excluding carboxylic acids is 2. The Balaban J connectivity index is 0.000000224. The van der Waals surface area contributed by atoms with Gasteiger partial charge in [0.2, 0.25) is 13.8 Å². The molecular formula is C14H18Cl6N2O5. The summed E-state index contributed by atoms with van der Waals surface area (Å²) >= 11 is 31.7. The number of nitrogens with zero attached hydrogens (tertiary/aromatic N) is 1. The Morgan fingerprint density at radius 2 is 1.78 bits per heavy atom. The summed E-state index contributed by atoms with van der Waals surface area (Å²) in [5.74, 6) is -0.990. The third-order valence-electron chi connectivity index (χ3n) is 3.87. The number of alkyl halides is 6. The first-order valence-electron chi connectivity index (χ1n) is 7.89. The van der Waals surface area contributed by atoms with Gasteiger partial charge >= 0.3 is 11.9 Å². The molecule has 0 radical (unpaired) electrons. The number of halogens is 6. The zero-order valence-electron chi connectivity index (χ0n) is 13.8. The number of hydrogen-bond acceptors (Lipinski definition) is 6. The van der Waals surface area contributed by atoms with Crippen LogP contribution in [0.1, 0.15) is 25.7 Å². The lowest BCUT2D eigenvalue weighted by Crippen LogP contribution is -2.41. The van der Waals surface area contributed by atoms with E-state index >= 15 is 0 Å². The summed E-state index contributed by atoms with van der Waals surface area (Å²) in [5.41, 5.74) is 0. The Kier molecular flexibility index (Phi) is 10.2. The Hall–Kier alpha value is 0.270. The van der Waals surface area contributed by atoms with Gasteiger partial charge in [-0.05, 0) is 32.2 Å². The van der Waals surface area contributed by atoms with Gasteiger partial charge in [-0.15, -0.1) is 0 Å². The summed E-state index contributed by atoms with van der Waals surface area (Å²) in [6.07, 6.45) is 3.06. The van der Waals surface area contributed by atoms with Crippen molar-refractivity contribution in [2.45, 2.75) is 51.6 Å². The van der Waals surface area contributed by atoms with Crippen LogP contribution < -0.4 is 5.32 Å². The number of esters is 1. The van der Waals surface area contributed by atoms with Gasteiger partial charge in [0, 0.05) is 6.54 Å². The molecule has 0 saturated carbocycles. The summed E-state index contributed by atoms with van der Waals surface area (Å²) in [5, 5.41) is 11.2. The SMILES string of the molecule is O=C(O)C1CCCN1.O=C1OC(C(Cl)(Cl)Cl)N2CCCC12.O=CC(Cl)(Cl)Cl. The summed E-state index contributed by atoms with van der Waals surface area (Å²) in [6.45, 7) is 1.62. The van der Waals surface area contributed by atoms with Gasteiger partial charge in [-0.2, -0.15) is 0 Å². The average Bonchev–Trinajstić information content (AvgIpc) is 3.25. The number of carboxylic acids is 1. The molecular weight excluding hydrogens is 489 g/mol. The Bertz CT molecular complexity index is 533. The largest absolute Gasteiger partial charge is 0.480 e. The number of aliphatic carboxylic acids is 1. The molecule has 156 valence electrons. The normalized spacial score (nSPS) is 27.6. The molecule has 3 heterocycles. The molecule has 0 amide bonds. The van der Waals surface area contributed by atoms with E-state index in [0.29, 0.717) is 0 Å². The second kappa shape index (κ2) is 10.9. The highest BCUT2D eigenvalue weighted by molar-refractivity contribution is 6.74. The predicted octanol–water partition coefficient (Wildman–Crippen LogP) is 3.08. The first-order chi connectivity index (χ1) is 12.4. The van der Waals surface area contributed by atoms with Gasteiger partial charge < -0.3 is 15.2 Å². The quantitative estimate of drug-likeness (QED) is 0.320. The van der Waals surface area contributed by atoms with E-state index < -0.39 is 19.8 Å². The van der Waals surface area contributed by atoms with Crippen molar-refractivity contribution in [1.29, 1.82) is 0 Å². The van der Waals surface area contributed by atoms with Crippen LogP contribution in [0, 0.1) is 0 Å². The van der Waals surface area contributed by atoms with Crippen molar-refractivity contribution < 1.29 is 24.2 Å². The minimum Gasteiger partial charge on any atom is -0.480 e. The van der Waals surface area contributed by atoms with Crippen molar-refractivity contribution in [2.24, 2.45) is 0 Å². The second-order valence-corrected chi connectivity index (χ2v) is 10.6. The minimum absolute atomic E-state index is 0.194. The maximum atomic E-state index is 11.3. The minimum atomic E-state index is -1.72. The molecule has 3 aliphatic heterocycles. The fourth-order valence-corrected chi connectivity index (χ4v) is 3.24. The van der Waals surface area contributed by atoms with Crippen molar-refractivity contribution in [2.75, 3.05) is 13.1 Å². The molecule has 2 N–H and O–H groups in total. The second-order valence-electron chi connectivity index (χ2n) is 5.87. The van der Waals surface area contributed by atoms with Gasteiger partial charge in [-0.3, -0.25) is 19.3 Å². The highest BCUT2D eigenvalue weighted by atomic mass is 35.6. The first kappa shape index (κ1) is 25.3. The highest BCUT2D eigenvalue weighted by Crippen LogP contribution is 2.41. The molecule has 3 saturated heterocycles. The highest BCUT2D eigenvalue weighted by Gasteiger charge is 2.52. The number of aldehydes is 1. The van der Waals surface area contributed by atoms with Crippen LogP contribution in [-0.2, 0) is 19.1 Å². The van der Waals surface area contributed by atoms with Gasteiger partial charge in [0.15, 0.2) is 6.29 Å². The molecule has 0 bridgehead atoms. The van der Waals surface area contributed by atoms with Crippen LogP contribution in [0.4, 0.5) is 0 Å². The third-order valence-corrected chi connectivity index (χ3v) is 4.69. The number of carboxylic acid groups (broad SMARTS) is 1. The van der Waals surface area contributed by atoms with Crippen LogP contribution in [0.2, 0.25) is 0 Å². The van der Waals surface area contributed by atoms with E-state index in [2.05, 4.69) is 5.32 Å². The van der Waals surface area contributed by atoms with E-state index in [-0.39, 0.29) is 24.3 Å². The molecule has 3 aliphatic rings. The van der Waals surface area contributed by atoms with Gasteiger partial charge in [0.05, 0.1) is 0 Å². The van der Waals surface area contributed by atoms with E-state index in [1.54, 1.807) is 0 Å². The molecule has 0 aromatic rings. The van der Waals surface area contributed by atoms with E-state index in [4.69, 9.17) is 79.4 Å². The predicted molar refractivity (Wildman–Crippen MR) is 105 cm³/mol. The lowest BCUT2D eigenvalue weighted by molar-refractivity contribution is -0.143. The molecule has 0 aromatic carbocycles. The van der Waals surface area contributed by atoms with Crippen molar-refractivity contribution in [1.82, 2.24) is 10.2 Å². The molecule has 3 rings (SSSR count). The third kappa shape index (κ3) is 8.66. The van der Waals surface area contributed by atoms with Gasteiger partial charge in [0.25, 0.3) is 0 Å². The molecule has 0 spiro atoms. The Morgan fingerprint density at radius 1 is 1.19 bits per heavy atom. The Morgan fingerprint density at radius 3 is 2.15 bits per heavy atom. The lowest BCUT2D eigenvalue weighted by Gasteiger charge is -2.25. The van der Waals surface area contributed by atoms with Crippen LogP contribution >= 0.6 is 69.6 Å². The molecule has 3 atom stereocenters. The van der Waals surface area contributed by atoms with Crippen LogP contribution in [0.25, 0.3) is 0 Å². The van der Waals surface area contributed by atoms with Crippen LogP contribution in [-0.4, -0.2) is 67.2 Å². The van der Waals surface area contributed by atoms with Crippen molar-refractivity contribution in [3.63, 3.8) is 0 Å². The number of cyclic esters (lactones) is 1. The van der Waals surface area contributed by atoms with Crippen molar-refractivity contribution in [3.8, 4) is 0 Å². The molecule has 7 nitrogen and oxygen atoms in total. The van der Waals surface area contributed by atoms with Gasteiger partial charge in [0.1, 0.15) is 12.1 Å². The van der Waals surface area contributed by atoms with Crippen LogP contribution in [0.3, 0.4) is 0 Å². The number of nitrogens with one attached hydrogen (secondary N) is 1. The smallest absolute Gasteiger partial charge is 0.325 e. The maximum absolute atomic E-state index is 11.3. The van der Waals surface area contributed by atoms with Crippen LogP contribution in [0.5, 0.6) is 0 Å². The zero-order valence-corrected chi connectivity index (χ0v) is 18.4. The average molecular weight is 507 g/mol. The van der Waals surface area contributed by atoms with E-state index in [0.717, 1.165) is 38.8 Å². The standard InChI is InChI=1S/C7H8Cl3NO2.C5H9NO2.C2HCl3O/c8-7(9,10)6-11-3-1-2-4(11)5(12)13-6;7-5(8)4-2-1-3-6-4;3-2(4,5)1-6/h4,6H,1-3H2;4,6H,1-3H2,(H,7,8);1H. The summed E-state index contributed by atoms with van der Waals surface area (Å²) in [4.78, 5) is 32.7. The molecule has 0 aromatic heterocycles. The monoisotopic (exact) mass is 504 g/mol. The fraction of sp³-hybridized carbons (Fsp3) is 0.786. The van der Waals surface area contributed by atoms with Crippen molar-refractivity contribution >= 4 is 87.8 Å². The number of hydrogen-bond donors (Lipinski definition) is 2. The summed E-state index contributed by atoms with van der Waals surface area (Å²) < 4.78 is 1.71. The summed E-state index contributed by atoms with van der Waals surface area (Å²) in [7, 11) is 0. The van der Waals surface area contributed by atoms with E-state index in [1.807, 2.05) is 4.90 Å². The van der Waals surface area contributed by atoms with E-state index in [1.165, 1.54) is 0 Å². The molecule has 27 heavy (non-hydrogen) atoms. The maximum Gasteiger partial charge on any atom is 0.325 e. The van der Waals surface area contributed by atoms with Gasteiger partial charge in [-0.25, -0.2) is 0 Å². The number of carbonyl (C=O) groups is 3. The summed E-state index contributed by atoms with van der Waals surface area (Å²) in [6, 6.07) is -0.462. The molecule has 13 heteroatoms. The van der Waals surface area contributed by atoms with E-state index in [9.17, 15) is 14.4 Å². The van der Waals surface area contributed by atoms with Crippen molar-refractivity contribution in [3.05, 3.63) is 0 Å². The lowest BCUT2D eigenvalue weighted by atomic mass is 10.2. The van der Waals surface area contributed by atoms with Crippen LogP contribution in [0.15, 0.2) is 0 Å². The molecule has 3 unspecified atom stereocenters. The topological polar surface area (TPSA) is 95.9 Å². The van der Waals surface area contributed by atoms with Gasteiger partial charge in [-0.1, -0.05) is 69.6 Å². The Labute approximate surface area is 186 Å². The zero-order chi connectivity index (χ0) is 20.8.